The van der Waals surface area contributed by atoms with Crippen LogP contribution in [0.5, 0.6) is 17.2 Å². The third-order valence-corrected chi connectivity index (χ3v) is 4.63. The van der Waals surface area contributed by atoms with Crippen molar-refractivity contribution in [2.24, 2.45) is 12.0 Å². The first kappa shape index (κ1) is 24.9. The Bertz CT molecular complexity index is 836. The fourth-order valence-electron chi connectivity index (χ4n) is 3.04. The van der Waals surface area contributed by atoms with Crippen LogP contribution in [0, 0.1) is 13.8 Å². The van der Waals surface area contributed by atoms with Gasteiger partial charge in [0.1, 0.15) is 0 Å². The van der Waals surface area contributed by atoms with E-state index in [0.717, 1.165) is 29.5 Å². The molecule has 162 valence electrons. The molecule has 9 heteroatoms. The third kappa shape index (κ3) is 5.91. The Morgan fingerprint density at radius 3 is 2.28 bits per heavy atom. The largest absolute Gasteiger partial charge is 0.493 e. The van der Waals surface area contributed by atoms with Crippen molar-refractivity contribution in [1.29, 1.82) is 0 Å². The molecule has 2 N–H and O–H groups in total. The van der Waals surface area contributed by atoms with Crippen molar-refractivity contribution in [3.63, 3.8) is 0 Å². The molecule has 0 unspecified atom stereocenters. The topological polar surface area (TPSA) is 81.9 Å². The molecular weight excluding hydrogens is 485 g/mol. The number of aliphatic imine (C=N–C) groups is 1. The molecule has 2 aromatic rings. The zero-order valence-corrected chi connectivity index (χ0v) is 20.6. The number of hydrogen-bond donors (Lipinski definition) is 2. The predicted octanol–water partition coefficient (Wildman–Crippen LogP) is 2.94. The summed E-state index contributed by atoms with van der Waals surface area (Å²) in [5.74, 6) is 2.54. The summed E-state index contributed by atoms with van der Waals surface area (Å²) < 4.78 is 18.2. The minimum Gasteiger partial charge on any atom is -0.493 e. The van der Waals surface area contributed by atoms with E-state index in [9.17, 15) is 0 Å². The highest BCUT2D eigenvalue weighted by Crippen LogP contribution is 2.39. The van der Waals surface area contributed by atoms with E-state index in [4.69, 9.17) is 19.2 Å². The van der Waals surface area contributed by atoms with Gasteiger partial charge in [0.05, 0.1) is 33.6 Å². The number of benzene rings is 1. The van der Waals surface area contributed by atoms with Crippen LogP contribution in [0.25, 0.3) is 0 Å². The molecule has 0 atom stereocenters. The zero-order chi connectivity index (χ0) is 20.7. The lowest BCUT2D eigenvalue weighted by molar-refractivity contribution is 0.322. The molecule has 0 aliphatic heterocycles. The van der Waals surface area contributed by atoms with Crippen LogP contribution in [0.15, 0.2) is 17.1 Å². The van der Waals surface area contributed by atoms with Crippen LogP contribution in [0.2, 0.25) is 0 Å². The number of halogens is 1. The highest BCUT2D eigenvalue weighted by Gasteiger charge is 2.16. The van der Waals surface area contributed by atoms with Gasteiger partial charge < -0.3 is 24.8 Å². The van der Waals surface area contributed by atoms with Gasteiger partial charge >= 0.3 is 0 Å². The molecule has 1 aromatic heterocycles. The SMILES string of the molecule is CCNC(=NCc1ccc(OC)c(OC)c1OC)NCc1c(C)nn(C)c1C.I. The highest BCUT2D eigenvalue weighted by atomic mass is 127. The summed E-state index contributed by atoms with van der Waals surface area (Å²) in [4.78, 5) is 4.70. The van der Waals surface area contributed by atoms with Crippen LogP contribution in [0.1, 0.15) is 29.4 Å². The molecule has 1 heterocycles. The van der Waals surface area contributed by atoms with Gasteiger partial charge in [-0.05, 0) is 32.9 Å². The molecule has 1 aromatic carbocycles. The molecule has 2 rings (SSSR count). The standard InChI is InChI=1S/C20H31N5O3.HI/c1-8-21-20(23-12-16-13(2)24-25(4)14(16)3)22-11-15-9-10-17(26-5)19(28-7)18(15)27-6;/h9-10H,8,11-12H2,1-7H3,(H2,21,22,23);1H. The van der Waals surface area contributed by atoms with Crippen LogP contribution >= 0.6 is 24.0 Å². The molecule has 0 fully saturated rings. The van der Waals surface area contributed by atoms with E-state index in [2.05, 4.69) is 22.7 Å². The van der Waals surface area contributed by atoms with E-state index in [1.54, 1.807) is 21.3 Å². The molecule has 0 saturated heterocycles. The summed E-state index contributed by atoms with van der Waals surface area (Å²) >= 11 is 0. The van der Waals surface area contributed by atoms with Crippen molar-refractivity contribution in [2.75, 3.05) is 27.9 Å². The van der Waals surface area contributed by atoms with Gasteiger partial charge in [-0.1, -0.05) is 0 Å². The van der Waals surface area contributed by atoms with Gasteiger partial charge in [0.2, 0.25) is 5.75 Å². The van der Waals surface area contributed by atoms with Crippen molar-refractivity contribution in [3.8, 4) is 17.2 Å². The average molecular weight is 517 g/mol. The number of nitrogens with one attached hydrogen (secondary N) is 2. The monoisotopic (exact) mass is 517 g/mol. The van der Waals surface area contributed by atoms with Crippen LogP contribution in [0.3, 0.4) is 0 Å². The third-order valence-electron chi connectivity index (χ3n) is 4.63. The first-order chi connectivity index (χ1) is 13.5. The summed E-state index contributed by atoms with van der Waals surface area (Å²) in [5.41, 5.74) is 4.25. The lowest BCUT2D eigenvalue weighted by Crippen LogP contribution is -2.37. The van der Waals surface area contributed by atoms with Crippen molar-refractivity contribution in [2.45, 2.75) is 33.9 Å². The van der Waals surface area contributed by atoms with Crippen molar-refractivity contribution < 1.29 is 14.2 Å². The van der Waals surface area contributed by atoms with E-state index in [-0.39, 0.29) is 24.0 Å². The normalized spacial score (nSPS) is 10.9. The van der Waals surface area contributed by atoms with Gasteiger partial charge in [-0.3, -0.25) is 4.68 Å². The Hall–Kier alpha value is -2.17. The predicted molar refractivity (Wildman–Crippen MR) is 126 cm³/mol. The number of methoxy groups -OCH3 is 3. The minimum absolute atomic E-state index is 0. The van der Waals surface area contributed by atoms with E-state index in [1.807, 2.05) is 37.7 Å². The first-order valence-corrected chi connectivity index (χ1v) is 9.25. The summed E-state index contributed by atoms with van der Waals surface area (Å²) in [5, 5.41) is 11.1. The number of hydrogen-bond acceptors (Lipinski definition) is 5. The molecule has 0 amide bonds. The number of rotatable bonds is 8. The lowest BCUT2D eigenvalue weighted by Gasteiger charge is -2.16. The van der Waals surface area contributed by atoms with Crippen molar-refractivity contribution >= 4 is 29.9 Å². The lowest BCUT2D eigenvalue weighted by atomic mass is 10.1. The van der Waals surface area contributed by atoms with Gasteiger partial charge in [0.25, 0.3) is 0 Å². The molecule has 29 heavy (non-hydrogen) atoms. The van der Waals surface area contributed by atoms with Crippen molar-refractivity contribution in [1.82, 2.24) is 20.4 Å². The molecule has 0 aliphatic carbocycles. The Labute approximate surface area is 190 Å². The van der Waals surface area contributed by atoms with E-state index < -0.39 is 0 Å². The highest BCUT2D eigenvalue weighted by molar-refractivity contribution is 14.0. The minimum atomic E-state index is 0. The summed E-state index contributed by atoms with van der Waals surface area (Å²) in [7, 11) is 6.76. The van der Waals surface area contributed by atoms with Gasteiger partial charge in [-0.25, -0.2) is 4.99 Å². The summed E-state index contributed by atoms with van der Waals surface area (Å²) in [6.45, 7) is 7.97. The molecule has 0 radical (unpaired) electrons. The van der Waals surface area contributed by atoms with Crippen LogP contribution in [-0.2, 0) is 20.1 Å². The molecule has 8 nitrogen and oxygen atoms in total. The number of guanidine groups is 1. The molecular formula is C20H32IN5O3. The fourth-order valence-corrected chi connectivity index (χ4v) is 3.04. The molecule has 0 bridgehead atoms. The molecule has 0 saturated carbocycles. The average Bonchev–Trinajstić information content (AvgIpc) is 2.94. The second-order valence-corrected chi connectivity index (χ2v) is 6.32. The molecule has 0 aliphatic rings. The zero-order valence-electron chi connectivity index (χ0n) is 18.3. The first-order valence-electron chi connectivity index (χ1n) is 9.25. The van der Waals surface area contributed by atoms with E-state index in [1.165, 1.54) is 5.56 Å². The Kier molecular flexibility index (Phi) is 10.1. The quantitative estimate of drug-likeness (QED) is 0.319. The summed E-state index contributed by atoms with van der Waals surface area (Å²) in [6.07, 6.45) is 0. The van der Waals surface area contributed by atoms with E-state index >= 15 is 0 Å². The van der Waals surface area contributed by atoms with Crippen LogP contribution in [-0.4, -0.2) is 43.6 Å². The number of aromatic nitrogens is 2. The van der Waals surface area contributed by atoms with Gasteiger partial charge in [-0.15, -0.1) is 24.0 Å². The Morgan fingerprint density at radius 2 is 1.76 bits per heavy atom. The number of aryl methyl sites for hydroxylation is 2. The second kappa shape index (κ2) is 11.7. The Balaban J connectivity index is 0.00000420. The van der Waals surface area contributed by atoms with Crippen LogP contribution in [0.4, 0.5) is 0 Å². The molecule has 0 spiro atoms. The second-order valence-electron chi connectivity index (χ2n) is 6.32. The van der Waals surface area contributed by atoms with Gasteiger partial charge in [0, 0.05) is 37.0 Å². The van der Waals surface area contributed by atoms with Gasteiger partial charge in [-0.2, -0.15) is 5.10 Å². The number of nitrogens with zero attached hydrogens (tertiary/aromatic N) is 3. The maximum atomic E-state index is 5.54. The maximum absolute atomic E-state index is 5.54. The van der Waals surface area contributed by atoms with E-state index in [0.29, 0.717) is 30.3 Å². The van der Waals surface area contributed by atoms with Crippen LogP contribution < -0.4 is 24.8 Å². The smallest absolute Gasteiger partial charge is 0.203 e. The maximum Gasteiger partial charge on any atom is 0.203 e. The van der Waals surface area contributed by atoms with Crippen molar-refractivity contribution in [3.05, 3.63) is 34.6 Å². The summed E-state index contributed by atoms with van der Waals surface area (Å²) in [6, 6.07) is 3.79. The number of ether oxygens (including phenoxy) is 3. The fraction of sp³-hybridized carbons (Fsp3) is 0.500. The van der Waals surface area contributed by atoms with Gasteiger partial charge in [0.15, 0.2) is 17.5 Å². The Morgan fingerprint density at radius 1 is 1.07 bits per heavy atom.